The molecule has 4 rings (SSSR count). The zero-order valence-electron chi connectivity index (χ0n) is 13.1. The van der Waals surface area contributed by atoms with Crippen molar-refractivity contribution in [2.45, 2.75) is 0 Å². The first kappa shape index (κ1) is 15.7. The van der Waals surface area contributed by atoms with Crippen molar-refractivity contribution in [1.82, 2.24) is 24.4 Å². The molecule has 1 amide bonds. The molecule has 0 aliphatic heterocycles. The van der Waals surface area contributed by atoms with Crippen LogP contribution in [-0.2, 0) is 0 Å². The highest BCUT2D eigenvalue weighted by Gasteiger charge is 2.18. The molecule has 3 aromatic heterocycles. The van der Waals surface area contributed by atoms with Crippen LogP contribution < -0.4 is 11.1 Å². The van der Waals surface area contributed by atoms with Crippen LogP contribution in [0, 0.1) is 11.6 Å². The Labute approximate surface area is 144 Å². The third-order valence-electron chi connectivity index (χ3n) is 3.66. The van der Waals surface area contributed by atoms with Crippen molar-refractivity contribution in [3.63, 3.8) is 0 Å². The summed E-state index contributed by atoms with van der Waals surface area (Å²) >= 11 is 0. The molecule has 0 radical (unpaired) electrons. The topological polar surface area (TPSA) is 103 Å². The second-order valence-electron chi connectivity index (χ2n) is 5.36. The Kier molecular flexibility index (Phi) is 3.57. The Morgan fingerprint density at radius 2 is 2.00 bits per heavy atom. The normalized spacial score (nSPS) is 11.0. The van der Waals surface area contributed by atoms with Crippen LogP contribution >= 0.6 is 0 Å². The molecule has 1 aromatic carbocycles. The third-order valence-corrected chi connectivity index (χ3v) is 3.66. The number of nitrogen functional groups attached to an aromatic ring is 1. The molecule has 4 aromatic rings. The number of fused-ring (bicyclic) bond motifs is 1. The van der Waals surface area contributed by atoms with Gasteiger partial charge in [0, 0.05) is 18.3 Å². The molecule has 0 saturated heterocycles. The lowest BCUT2D eigenvalue weighted by Gasteiger charge is -2.09. The van der Waals surface area contributed by atoms with E-state index >= 15 is 0 Å². The van der Waals surface area contributed by atoms with E-state index in [0.29, 0.717) is 0 Å². The number of carbonyl (C=O) groups excluding carboxylic acids is 1. The Hall–Kier alpha value is -3.82. The van der Waals surface area contributed by atoms with Crippen LogP contribution in [0.3, 0.4) is 0 Å². The maximum absolute atomic E-state index is 14.0. The molecule has 0 aliphatic carbocycles. The van der Waals surface area contributed by atoms with Crippen LogP contribution in [0.25, 0.3) is 11.3 Å². The highest BCUT2D eigenvalue weighted by Crippen LogP contribution is 2.20. The van der Waals surface area contributed by atoms with Crippen LogP contribution in [0.5, 0.6) is 0 Å². The molecule has 3 heterocycles. The van der Waals surface area contributed by atoms with Gasteiger partial charge >= 0.3 is 0 Å². The summed E-state index contributed by atoms with van der Waals surface area (Å²) in [4.78, 5) is 16.7. The first-order valence-electron chi connectivity index (χ1n) is 7.43. The number of nitrogens with two attached hydrogens (primary N) is 1. The van der Waals surface area contributed by atoms with E-state index in [1.807, 2.05) is 0 Å². The Morgan fingerprint density at radius 1 is 1.15 bits per heavy atom. The second kappa shape index (κ2) is 5.92. The number of benzene rings is 1. The Bertz CT molecular complexity index is 1130. The van der Waals surface area contributed by atoms with Crippen LogP contribution in [-0.4, -0.2) is 30.3 Å². The van der Waals surface area contributed by atoms with E-state index in [9.17, 15) is 13.6 Å². The highest BCUT2D eigenvalue weighted by molar-refractivity contribution is 6.07. The molecule has 0 aliphatic rings. The fraction of sp³-hybridized carbons (Fsp3) is 0. The van der Waals surface area contributed by atoms with Crippen molar-refractivity contribution in [2.24, 2.45) is 0 Å². The summed E-state index contributed by atoms with van der Waals surface area (Å²) in [6.07, 6.45) is 4.26. The average Bonchev–Trinajstić information content (AvgIpc) is 3.23. The monoisotopic (exact) mass is 355 g/mol. The lowest BCUT2D eigenvalue weighted by atomic mass is 10.3. The number of anilines is 2. The summed E-state index contributed by atoms with van der Waals surface area (Å²) in [5.74, 6) is -1.47. The largest absolute Gasteiger partial charge is 0.384 e. The summed E-state index contributed by atoms with van der Waals surface area (Å²) < 4.78 is 29.9. The van der Waals surface area contributed by atoms with Crippen LogP contribution in [0.2, 0.25) is 0 Å². The first-order chi connectivity index (χ1) is 12.5. The van der Waals surface area contributed by atoms with Crippen LogP contribution in [0.1, 0.15) is 10.4 Å². The van der Waals surface area contributed by atoms with E-state index in [1.54, 1.807) is 12.3 Å². The number of hydrogen-bond acceptors (Lipinski definition) is 5. The fourth-order valence-electron chi connectivity index (χ4n) is 2.46. The molecule has 3 N–H and O–H groups in total. The number of aromatic nitrogens is 5. The summed E-state index contributed by atoms with van der Waals surface area (Å²) in [6, 6.07) is 5.96. The van der Waals surface area contributed by atoms with Gasteiger partial charge in [-0.1, -0.05) is 0 Å². The minimum Gasteiger partial charge on any atom is -0.384 e. The van der Waals surface area contributed by atoms with Gasteiger partial charge in [-0.25, -0.2) is 23.0 Å². The van der Waals surface area contributed by atoms with Crippen molar-refractivity contribution in [3.05, 3.63) is 66.1 Å². The Balaban J connectivity index is 1.70. The van der Waals surface area contributed by atoms with Gasteiger partial charge in [0.2, 0.25) is 0 Å². The molecule has 8 nitrogen and oxygen atoms in total. The molecule has 130 valence electrons. The van der Waals surface area contributed by atoms with E-state index < -0.39 is 17.5 Å². The van der Waals surface area contributed by atoms with Gasteiger partial charge < -0.3 is 11.1 Å². The maximum Gasteiger partial charge on any atom is 0.262 e. The molecule has 0 spiro atoms. The second-order valence-corrected chi connectivity index (χ2v) is 5.36. The van der Waals surface area contributed by atoms with Crippen molar-refractivity contribution in [3.8, 4) is 5.69 Å². The van der Waals surface area contributed by atoms with Gasteiger partial charge in [-0.15, -0.1) is 0 Å². The van der Waals surface area contributed by atoms with Gasteiger partial charge in [0.15, 0.2) is 5.65 Å². The molecule has 0 saturated carbocycles. The summed E-state index contributed by atoms with van der Waals surface area (Å²) in [5, 5.41) is 10.5. The maximum atomic E-state index is 14.0. The number of nitrogens with zero attached hydrogens (tertiary/aromatic N) is 5. The van der Waals surface area contributed by atoms with Crippen molar-refractivity contribution >= 4 is 23.2 Å². The molecular weight excluding hydrogens is 344 g/mol. The lowest BCUT2D eigenvalue weighted by Crippen LogP contribution is -2.16. The van der Waals surface area contributed by atoms with Gasteiger partial charge in [-0.3, -0.25) is 4.79 Å². The SMILES string of the molecule is Nc1ccn2ncc(C(=O)Nc3ccnn3-c3cc(F)ccc3F)c2n1. The molecule has 0 unspecified atom stereocenters. The minimum atomic E-state index is -0.684. The summed E-state index contributed by atoms with van der Waals surface area (Å²) in [5.41, 5.74) is 5.95. The fourth-order valence-corrected chi connectivity index (χ4v) is 2.46. The average molecular weight is 355 g/mol. The van der Waals surface area contributed by atoms with Crippen LogP contribution in [0.4, 0.5) is 20.4 Å². The molecule has 0 fully saturated rings. The molecule has 10 heteroatoms. The van der Waals surface area contributed by atoms with E-state index in [0.717, 1.165) is 22.9 Å². The number of hydrogen-bond donors (Lipinski definition) is 2. The van der Waals surface area contributed by atoms with Gasteiger partial charge in [0.1, 0.15) is 34.5 Å². The molecular formula is C16H11F2N7O. The molecule has 26 heavy (non-hydrogen) atoms. The quantitative estimate of drug-likeness (QED) is 0.585. The molecule has 0 bridgehead atoms. The molecule has 0 atom stereocenters. The number of carbonyl (C=O) groups is 1. The van der Waals surface area contributed by atoms with Gasteiger partial charge in [0.25, 0.3) is 5.91 Å². The number of halogens is 2. The highest BCUT2D eigenvalue weighted by atomic mass is 19.1. The zero-order chi connectivity index (χ0) is 18.3. The first-order valence-corrected chi connectivity index (χ1v) is 7.43. The minimum absolute atomic E-state index is 0.132. The van der Waals surface area contributed by atoms with E-state index in [1.165, 1.54) is 23.0 Å². The van der Waals surface area contributed by atoms with Crippen molar-refractivity contribution < 1.29 is 13.6 Å². The number of amides is 1. The van der Waals surface area contributed by atoms with Crippen LogP contribution in [0.15, 0.2) is 48.9 Å². The summed E-state index contributed by atoms with van der Waals surface area (Å²) in [6.45, 7) is 0. The number of nitrogens with one attached hydrogen (secondary N) is 1. The smallest absolute Gasteiger partial charge is 0.262 e. The van der Waals surface area contributed by atoms with Gasteiger partial charge in [-0.05, 0) is 18.2 Å². The number of rotatable bonds is 3. The van der Waals surface area contributed by atoms with Crippen molar-refractivity contribution in [1.29, 1.82) is 0 Å². The zero-order valence-corrected chi connectivity index (χ0v) is 13.1. The third kappa shape index (κ3) is 2.62. The standard InChI is InChI=1S/C16H11F2N7O/c17-9-1-2-11(18)12(7-9)25-14(3-5-20-25)23-16(26)10-8-21-24-6-4-13(19)22-15(10)24/h1-8H,(H2,19,22)(H,23,26). The predicted octanol–water partition coefficient (Wildman–Crippen LogP) is 2.03. The van der Waals surface area contributed by atoms with Gasteiger partial charge in [-0.2, -0.15) is 10.2 Å². The van der Waals surface area contributed by atoms with E-state index in [4.69, 9.17) is 5.73 Å². The predicted molar refractivity (Wildman–Crippen MR) is 88.8 cm³/mol. The van der Waals surface area contributed by atoms with Crippen molar-refractivity contribution in [2.75, 3.05) is 11.1 Å². The van der Waals surface area contributed by atoms with E-state index in [-0.39, 0.29) is 28.5 Å². The summed E-state index contributed by atoms with van der Waals surface area (Å²) in [7, 11) is 0. The lowest BCUT2D eigenvalue weighted by molar-refractivity contribution is 0.102. The van der Waals surface area contributed by atoms with E-state index in [2.05, 4.69) is 20.5 Å². The van der Waals surface area contributed by atoms with Gasteiger partial charge in [0.05, 0.1) is 12.4 Å². The Morgan fingerprint density at radius 3 is 2.85 bits per heavy atom.